The number of carbonyl (C=O) groups is 1. The Morgan fingerprint density at radius 3 is 2.91 bits per heavy atom. The summed E-state index contributed by atoms with van der Waals surface area (Å²) in [6.07, 6.45) is 2.87. The van der Waals surface area contributed by atoms with Crippen LogP contribution in [-0.4, -0.2) is 38.6 Å². The molecule has 0 fully saturated rings. The van der Waals surface area contributed by atoms with Crippen LogP contribution >= 0.6 is 0 Å². The smallest absolute Gasteiger partial charge is 0.264 e. The molecule has 2 aromatic carbocycles. The zero-order chi connectivity index (χ0) is 22.1. The van der Waals surface area contributed by atoms with Crippen LogP contribution in [0.15, 0.2) is 59.8 Å². The lowest BCUT2D eigenvalue weighted by Gasteiger charge is -2.08. The first kappa shape index (κ1) is 19.7. The van der Waals surface area contributed by atoms with Gasteiger partial charge in [0.25, 0.3) is 11.5 Å². The summed E-state index contributed by atoms with van der Waals surface area (Å²) in [5.41, 5.74) is 1.27. The van der Waals surface area contributed by atoms with Gasteiger partial charge in [0.05, 0.1) is 19.3 Å². The maximum atomic E-state index is 13.4. The van der Waals surface area contributed by atoms with E-state index in [4.69, 9.17) is 9.47 Å². The molecule has 2 aromatic heterocycles. The summed E-state index contributed by atoms with van der Waals surface area (Å²) in [5, 5.41) is 7.40. The van der Waals surface area contributed by atoms with E-state index in [2.05, 4.69) is 15.4 Å². The highest BCUT2D eigenvalue weighted by atomic mass is 19.1. The number of nitrogens with one attached hydrogen (secondary N) is 1. The molecule has 1 aliphatic rings. The van der Waals surface area contributed by atoms with Crippen molar-refractivity contribution in [2.75, 3.05) is 13.3 Å². The number of fused-ring (bicyclic) bond motifs is 2. The van der Waals surface area contributed by atoms with Gasteiger partial charge in [-0.1, -0.05) is 12.1 Å². The Bertz CT molecular complexity index is 1380. The third-order valence-electron chi connectivity index (χ3n) is 5.11. The van der Waals surface area contributed by atoms with E-state index in [0.717, 1.165) is 0 Å². The second-order valence-electron chi connectivity index (χ2n) is 7.24. The number of aromatic nitrogens is 4. The average Bonchev–Trinajstić information content (AvgIpc) is 3.42. The average molecular weight is 435 g/mol. The van der Waals surface area contributed by atoms with E-state index in [-0.39, 0.29) is 37.2 Å². The highest BCUT2D eigenvalue weighted by Crippen LogP contribution is 2.32. The van der Waals surface area contributed by atoms with E-state index in [1.807, 2.05) is 0 Å². The molecule has 0 saturated carbocycles. The quantitative estimate of drug-likeness (QED) is 0.497. The van der Waals surface area contributed by atoms with Gasteiger partial charge in [-0.05, 0) is 35.9 Å². The van der Waals surface area contributed by atoms with Crippen LogP contribution in [0, 0.1) is 5.82 Å². The van der Waals surface area contributed by atoms with Crippen molar-refractivity contribution in [3.05, 3.63) is 82.3 Å². The Labute approximate surface area is 181 Å². The summed E-state index contributed by atoms with van der Waals surface area (Å²) in [6.45, 7) is 0.971. The minimum Gasteiger partial charge on any atom is -0.454 e. The van der Waals surface area contributed by atoms with Gasteiger partial charge in [-0.3, -0.25) is 14.2 Å². The predicted molar refractivity (Wildman–Crippen MR) is 112 cm³/mol. The molecule has 0 aliphatic carbocycles. The fourth-order valence-electron chi connectivity index (χ4n) is 3.52. The molecule has 1 N–H and O–H groups in total. The summed E-state index contributed by atoms with van der Waals surface area (Å²) >= 11 is 0. The van der Waals surface area contributed by atoms with E-state index in [1.54, 1.807) is 35.0 Å². The fourth-order valence-corrected chi connectivity index (χ4v) is 3.52. The van der Waals surface area contributed by atoms with Gasteiger partial charge in [0.1, 0.15) is 17.5 Å². The van der Waals surface area contributed by atoms with Gasteiger partial charge in [0.15, 0.2) is 17.1 Å². The number of hydrogen-bond acceptors (Lipinski definition) is 6. The van der Waals surface area contributed by atoms with E-state index in [0.29, 0.717) is 40.2 Å². The van der Waals surface area contributed by atoms with Crippen LogP contribution in [0.2, 0.25) is 0 Å². The number of nitrogens with zero attached hydrogens (tertiary/aromatic N) is 4. The van der Waals surface area contributed by atoms with E-state index >= 15 is 0 Å². The lowest BCUT2D eigenvalue weighted by atomic mass is 10.2. The summed E-state index contributed by atoms with van der Waals surface area (Å²) in [5.74, 6) is 0.526. The molecule has 10 heteroatoms. The Morgan fingerprint density at radius 1 is 1.16 bits per heavy atom. The number of amides is 1. The van der Waals surface area contributed by atoms with Crippen LogP contribution in [0.1, 0.15) is 15.9 Å². The van der Waals surface area contributed by atoms with Gasteiger partial charge in [-0.25, -0.2) is 14.1 Å². The summed E-state index contributed by atoms with van der Waals surface area (Å²) in [6, 6.07) is 11.0. The summed E-state index contributed by atoms with van der Waals surface area (Å²) < 4.78 is 26.9. The van der Waals surface area contributed by atoms with Crippen molar-refractivity contribution in [2.24, 2.45) is 0 Å². The van der Waals surface area contributed by atoms with Crippen LogP contribution in [0.25, 0.3) is 11.0 Å². The molecule has 0 unspecified atom stereocenters. The molecule has 4 aromatic rings. The molecule has 5 rings (SSSR count). The maximum absolute atomic E-state index is 13.4. The summed E-state index contributed by atoms with van der Waals surface area (Å²) in [7, 11) is 0. The highest BCUT2D eigenvalue weighted by Gasteiger charge is 2.16. The first-order valence-electron chi connectivity index (χ1n) is 9.92. The lowest BCUT2D eigenvalue weighted by molar-refractivity contribution is 0.0951. The SMILES string of the molecule is O=C(NCCn1ncc2c(=O)n(Cc3cccc(F)c3)cnc21)c1ccc2c(c1)OCO2. The number of rotatable bonds is 6. The van der Waals surface area contributed by atoms with Crippen molar-refractivity contribution in [2.45, 2.75) is 13.1 Å². The Morgan fingerprint density at radius 2 is 2.03 bits per heavy atom. The number of carbonyl (C=O) groups excluding carboxylic acids is 1. The molecule has 1 aliphatic heterocycles. The molecular formula is C22H18FN5O4. The van der Waals surface area contributed by atoms with Gasteiger partial charge in [-0.2, -0.15) is 5.10 Å². The molecule has 0 radical (unpaired) electrons. The maximum Gasteiger partial charge on any atom is 0.264 e. The fraction of sp³-hybridized carbons (Fsp3) is 0.182. The van der Waals surface area contributed by atoms with Crippen LogP contribution in [-0.2, 0) is 13.1 Å². The minimum absolute atomic E-state index is 0.143. The molecule has 3 heterocycles. The highest BCUT2D eigenvalue weighted by molar-refractivity contribution is 5.94. The Balaban J connectivity index is 1.26. The van der Waals surface area contributed by atoms with E-state index < -0.39 is 0 Å². The van der Waals surface area contributed by atoms with Crippen molar-refractivity contribution >= 4 is 16.9 Å². The van der Waals surface area contributed by atoms with Crippen molar-refractivity contribution < 1.29 is 18.7 Å². The lowest BCUT2D eigenvalue weighted by Crippen LogP contribution is -2.27. The number of benzene rings is 2. The molecule has 0 atom stereocenters. The van der Waals surface area contributed by atoms with Crippen LogP contribution < -0.4 is 20.3 Å². The Hall–Kier alpha value is -4.21. The topological polar surface area (TPSA) is 100 Å². The van der Waals surface area contributed by atoms with Crippen LogP contribution in [0.4, 0.5) is 4.39 Å². The standard InChI is InChI=1S/C22H18FN5O4/c23-16-3-1-2-14(8-16)11-27-12-25-20-17(22(27)30)10-26-28(20)7-6-24-21(29)15-4-5-18-19(9-15)32-13-31-18/h1-5,8-10,12H,6-7,11,13H2,(H,24,29). The normalized spacial score (nSPS) is 12.3. The number of hydrogen-bond donors (Lipinski definition) is 1. The molecular weight excluding hydrogens is 417 g/mol. The first-order valence-corrected chi connectivity index (χ1v) is 9.92. The van der Waals surface area contributed by atoms with Gasteiger partial charge in [0.2, 0.25) is 6.79 Å². The zero-order valence-corrected chi connectivity index (χ0v) is 16.8. The van der Waals surface area contributed by atoms with Gasteiger partial charge < -0.3 is 14.8 Å². The zero-order valence-electron chi connectivity index (χ0n) is 16.8. The first-order chi connectivity index (χ1) is 15.6. The summed E-state index contributed by atoms with van der Waals surface area (Å²) in [4.78, 5) is 29.5. The largest absolute Gasteiger partial charge is 0.454 e. The molecule has 9 nitrogen and oxygen atoms in total. The molecule has 0 saturated heterocycles. The van der Waals surface area contributed by atoms with Gasteiger partial charge >= 0.3 is 0 Å². The van der Waals surface area contributed by atoms with Crippen molar-refractivity contribution in [1.82, 2.24) is 24.6 Å². The molecule has 1 amide bonds. The van der Waals surface area contributed by atoms with Crippen molar-refractivity contribution in [3.63, 3.8) is 0 Å². The Kier molecular flexibility index (Phi) is 5.02. The van der Waals surface area contributed by atoms with Crippen LogP contribution in [0.5, 0.6) is 11.5 Å². The van der Waals surface area contributed by atoms with Gasteiger partial charge in [-0.15, -0.1) is 0 Å². The van der Waals surface area contributed by atoms with Gasteiger partial charge in [0, 0.05) is 12.1 Å². The molecule has 162 valence electrons. The number of ether oxygens (including phenoxy) is 2. The third-order valence-corrected chi connectivity index (χ3v) is 5.11. The molecule has 0 spiro atoms. The monoisotopic (exact) mass is 435 g/mol. The van der Waals surface area contributed by atoms with E-state index in [9.17, 15) is 14.0 Å². The van der Waals surface area contributed by atoms with Crippen LogP contribution in [0.3, 0.4) is 0 Å². The minimum atomic E-state index is -0.361. The number of halogens is 1. The van der Waals surface area contributed by atoms with E-state index in [1.165, 1.54) is 29.2 Å². The molecule has 32 heavy (non-hydrogen) atoms. The predicted octanol–water partition coefficient (Wildman–Crippen LogP) is 1.94. The van der Waals surface area contributed by atoms with Crippen molar-refractivity contribution in [3.8, 4) is 11.5 Å². The third kappa shape index (κ3) is 3.78. The second-order valence-corrected chi connectivity index (χ2v) is 7.24. The second kappa shape index (κ2) is 8.14. The molecule has 0 bridgehead atoms. The van der Waals surface area contributed by atoms with Crippen molar-refractivity contribution in [1.29, 1.82) is 0 Å².